The molecule has 2 heterocycles. The first-order valence-corrected chi connectivity index (χ1v) is 10.8. The third kappa shape index (κ3) is 3.73. The lowest BCUT2D eigenvalue weighted by molar-refractivity contribution is 0.102. The molecule has 0 unspecified atom stereocenters. The molecule has 3 aromatic carbocycles. The van der Waals surface area contributed by atoms with Gasteiger partial charge in [-0.3, -0.25) is 4.79 Å². The van der Waals surface area contributed by atoms with E-state index in [9.17, 15) is 4.79 Å². The number of carbonyl (C=O) groups excluding carboxylic acids is 1. The van der Waals surface area contributed by atoms with Gasteiger partial charge >= 0.3 is 0 Å². The molecule has 0 saturated carbocycles. The van der Waals surface area contributed by atoms with Crippen molar-refractivity contribution in [2.75, 3.05) is 5.32 Å². The van der Waals surface area contributed by atoms with Gasteiger partial charge in [-0.2, -0.15) is 5.10 Å². The van der Waals surface area contributed by atoms with Gasteiger partial charge in [0.15, 0.2) is 0 Å². The second-order valence-electron chi connectivity index (χ2n) is 7.41. The number of aryl methyl sites for hydroxylation is 1. The molecule has 0 aliphatic heterocycles. The molecule has 0 aliphatic carbocycles. The lowest BCUT2D eigenvalue weighted by atomic mass is 10.2. The molecule has 31 heavy (non-hydrogen) atoms. The van der Waals surface area contributed by atoms with E-state index in [1.807, 2.05) is 61.5 Å². The van der Waals surface area contributed by atoms with Gasteiger partial charge in [0.25, 0.3) is 5.91 Å². The Labute approximate surface area is 184 Å². The molecule has 0 saturated heterocycles. The zero-order chi connectivity index (χ0) is 21.4. The van der Waals surface area contributed by atoms with Crippen LogP contribution in [-0.4, -0.2) is 20.7 Å². The molecule has 152 valence electrons. The van der Waals surface area contributed by atoms with Crippen molar-refractivity contribution < 1.29 is 4.79 Å². The highest BCUT2D eigenvalue weighted by molar-refractivity contribution is 7.21. The Bertz CT molecular complexity index is 1380. The predicted octanol–water partition coefficient (Wildman–Crippen LogP) is 6.02. The van der Waals surface area contributed by atoms with Gasteiger partial charge in [-0.15, -0.1) is 11.3 Å². The van der Waals surface area contributed by atoms with Crippen LogP contribution < -0.4 is 5.32 Å². The molecule has 6 heteroatoms. The van der Waals surface area contributed by atoms with Crippen LogP contribution in [0.4, 0.5) is 5.69 Å². The minimum atomic E-state index is -0.178. The second-order valence-corrected chi connectivity index (χ2v) is 8.44. The largest absolute Gasteiger partial charge is 0.322 e. The quantitative estimate of drug-likeness (QED) is 0.384. The average molecular weight is 425 g/mol. The van der Waals surface area contributed by atoms with Crippen LogP contribution in [0.2, 0.25) is 0 Å². The van der Waals surface area contributed by atoms with E-state index >= 15 is 0 Å². The number of thiazole rings is 1. The van der Waals surface area contributed by atoms with E-state index in [1.165, 1.54) is 10.3 Å². The molecule has 5 nitrogen and oxygen atoms in total. The average Bonchev–Trinajstić information content (AvgIpc) is 3.38. The SMILES string of the molecule is Cc1ccc2nc(-c3ccc(NC(=O)c4cnn(-c5ccccc5)c4C)cc3)sc2c1. The van der Waals surface area contributed by atoms with E-state index in [2.05, 4.69) is 35.5 Å². The molecule has 5 aromatic rings. The minimum Gasteiger partial charge on any atom is -0.322 e. The summed E-state index contributed by atoms with van der Waals surface area (Å²) in [6.45, 7) is 3.98. The Balaban J connectivity index is 1.35. The van der Waals surface area contributed by atoms with Crippen molar-refractivity contribution in [1.29, 1.82) is 0 Å². The van der Waals surface area contributed by atoms with E-state index in [4.69, 9.17) is 4.98 Å². The number of rotatable bonds is 4. The number of nitrogens with zero attached hydrogens (tertiary/aromatic N) is 3. The predicted molar refractivity (Wildman–Crippen MR) is 126 cm³/mol. The lowest BCUT2D eigenvalue weighted by Gasteiger charge is -2.07. The molecular formula is C25H20N4OS. The summed E-state index contributed by atoms with van der Waals surface area (Å²) in [4.78, 5) is 17.5. The van der Waals surface area contributed by atoms with Crippen molar-refractivity contribution in [3.8, 4) is 16.3 Å². The highest BCUT2D eigenvalue weighted by Gasteiger charge is 2.15. The number of hydrogen-bond acceptors (Lipinski definition) is 4. The summed E-state index contributed by atoms with van der Waals surface area (Å²) in [6.07, 6.45) is 1.61. The van der Waals surface area contributed by atoms with E-state index in [0.717, 1.165) is 33.2 Å². The van der Waals surface area contributed by atoms with Crippen molar-refractivity contribution in [2.24, 2.45) is 0 Å². The number of benzene rings is 3. The molecule has 0 fully saturated rings. The fourth-order valence-electron chi connectivity index (χ4n) is 3.51. The molecule has 0 atom stereocenters. The number of para-hydroxylation sites is 1. The Morgan fingerprint density at radius 1 is 0.968 bits per heavy atom. The Morgan fingerprint density at radius 2 is 1.74 bits per heavy atom. The monoisotopic (exact) mass is 424 g/mol. The molecule has 5 rings (SSSR count). The van der Waals surface area contributed by atoms with Crippen LogP contribution in [0.25, 0.3) is 26.5 Å². The second kappa shape index (κ2) is 7.81. The van der Waals surface area contributed by atoms with E-state index < -0.39 is 0 Å². The van der Waals surface area contributed by atoms with Gasteiger partial charge in [0.2, 0.25) is 0 Å². The van der Waals surface area contributed by atoms with E-state index in [1.54, 1.807) is 22.2 Å². The van der Waals surface area contributed by atoms with Gasteiger partial charge in [-0.1, -0.05) is 24.3 Å². The van der Waals surface area contributed by atoms with Crippen LogP contribution in [0.15, 0.2) is 79.0 Å². The summed E-state index contributed by atoms with van der Waals surface area (Å²) in [7, 11) is 0. The number of fused-ring (bicyclic) bond motifs is 1. The summed E-state index contributed by atoms with van der Waals surface area (Å²) < 4.78 is 2.95. The number of nitrogens with one attached hydrogen (secondary N) is 1. The first kappa shape index (κ1) is 19.2. The zero-order valence-corrected chi connectivity index (χ0v) is 18.0. The van der Waals surface area contributed by atoms with Gasteiger partial charge in [-0.05, 0) is 67.9 Å². The normalized spacial score (nSPS) is 11.0. The summed E-state index contributed by atoms with van der Waals surface area (Å²) in [5.74, 6) is -0.178. The fraction of sp³-hybridized carbons (Fsp3) is 0.0800. The number of aromatic nitrogens is 3. The van der Waals surface area contributed by atoms with Crippen LogP contribution >= 0.6 is 11.3 Å². The van der Waals surface area contributed by atoms with Crippen molar-refractivity contribution in [3.63, 3.8) is 0 Å². The van der Waals surface area contributed by atoms with Crippen LogP contribution in [0.1, 0.15) is 21.6 Å². The van der Waals surface area contributed by atoms with E-state index in [-0.39, 0.29) is 5.91 Å². The summed E-state index contributed by atoms with van der Waals surface area (Å²) in [5, 5.41) is 8.32. The standard InChI is InChI=1S/C25H20N4OS/c1-16-8-13-22-23(14-16)31-25(28-22)18-9-11-19(12-10-18)27-24(30)21-15-26-29(17(21)2)20-6-4-3-5-7-20/h3-15H,1-2H3,(H,27,30). The molecular weight excluding hydrogens is 404 g/mol. The van der Waals surface area contributed by atoms with Crippen molar-refractivity contribution >= 4 is 33.1 Å². The number of hydrogen-bond donors (Lipinski definition) is 1. The van der Waals surface area contributed by atoms with Crippen LogP contribution in [0, 0.1) is 13.8 Å². The fourth-order valence-corrected chi connectivity index (χ4v) is 4.58. The van der Waals surface area contributed by atoms with Gasteiger partial charge < -0.3 is 5.32 Å². The van der Waals surface area contributed by atoms with Gasteiger partial charge in [0.05, 0.1) is 33.4 Å². The smallest absolute Gasteiger partial charge is 0.259 e. The highest BCUT2D eigenvalue weighted by Crippen LogP contribution is 2.31. The van der Waals surface area contributed by atoms with Crippen LogP contribution in [-0.2, 0) is 0 Å². The van der Waals surface area contributed by atoms with Gasteiger partial charge in [0.1, 0.15) is 5.01 Å². The van der Waals surface area contributed by atoms with Gasteiger partial charge in [0, 0.05) is 11.3 Å². The third-order valence-corrected chi connectivity index (χ3v) is 6.26. The Morgan fingerprint density at radius 3 is 2.52 bits per heavy atom. The number of carbonyl (C=O) groups is 1. The molecule has 0 bridgehead atoms. The minimum absolute atomic E-state index is 0.178. The lowest BCUT2D eigenvalue weighted by Crippen LogP contribution is -2.13. The summed E-state index contributed by atoms with van der Waals surface area (Å²) in [5.41, 5.74) is 6.28. The molecule has 1 N–H and O–H groups in total. The van der Waals surface area contributed by atoms with Crippen LogP contribution in [0.3, 0.4) is 0 Å². The summed E-state index contributed by atoms with van der Waals surface area (Å²) in [6, 6.07) is 23.8. The maximum Gasteiger partial charge on any atom is 0.259 e. The maximum absolute atomic E-state index is 12.8. The first-order chi connectivity index (χ1) is 15.1. The van der Waals surface area contributed by atoms with Crippen LogP contribution in [0.5, 0.6) is 0 Å². The summed E-state index contributed by atoms with van der Waals surface area (Å²) >= 11 is 1.67. The molecule has 0 aliphatic rings. The number of amides is 1. The van der Waals surface area contributed by atoms with Crippen molar-refractivity contribution in [2.45, 2.75) is 13.8 Å². The number of anilines is 1. The van der Waals surface area contributed by atoms with Gasteiger partial charge in [-0.25, -0.2) is 9.67 Å². The van der Waals surface area contributed by atoms with Crippen molar-refractivity contribution in [1.82, 2.24) is 14.8 Å². The zero-order valence-electron chi connectivity index (χ0n) is 17.2. The van der Waals surface area contributed by atoms with E-state index in [0.29, 0.717) is 5.56 Å². The molecule has 1 amide bonds. The topological polar surface area (TPSA) is 59.8 Å². The third-order valence-electron chi connectivity index (χ3n) is 5.19. The first-order valence-electron chi connectivity index (χ1n) is 9.97. The molecule has 2 aromatic heterocycles. The highest BCUT2D eigenvalue weighted by atomic mass is 32.1. The van der Waals surface area contributed by atoms with Crippen molar-refractivity contribution in [3.05, 3.63) is 95.8 Å². The molecule has 0 radical (unpaired) electrons. The Hall–Kier alpha value is -3.77. The Kier molecular flexibility index (Phi) is 4.84. The molecule has 0 spiro atoms. The maximum atomic E-state index is 12.8.